The van der Waals surface area contributed by atoms with Crippen molar-refractivity contribution in [3.63, 3.8) is 0 Å². The molecule has 0 bridgehead atoms. The summed E-state index contributed by atoms with van der Waals surface area (Å²) in [6, 6.07) is 5.46. The molecule has 2 N–H and O–H groups in total. The number of carbonyl (C=O) groups excluding carboxylic acids is 1. The number of esters is 1. The number of hydrogen-bond acceptors (Lipinski definition) is 4. The van der Waals surface area contributed by atoms with Gasteiger partial charge in [-0.25, -0.2) is 4.79 Å². The van der Waals surface area contributed by atoms with Crippen LogP contribution < -0.4 is 5.32 Å². The van der Waals surface area contributed by atoms with E-state index >= 15 is 0 Å². The zero-order valence-electron chi connectivity index (χ0n) is 12.1. The van der Waals surface area contributed by atoms with Crippen molar-refractivity contribution in [3.8, 4) is 0 Å². The molecule has 0 saturated carbocycles. The Balaban J connectivity index is 2.66. The first kappa shape index (κ1) is 17.1. The fraction of sp³-hybridized carbons (Fsp3) is 0.533. The minimum atomic E-state index is -0.349. The highest BCUT2D eigenvalue weighted by Crippen LogP contribution is 2.19. The number of ether oxygens (including phenoxy) is 1. The van der Waals surface area contributed by atoms with Crippen LogP contribution in [0.15, 0.2) is 22.7 Å². The van der Waals surface area contributed by atoms with Gasteiger partial charge in [-0.05, 0) is 30.0 Å². The average molecular weight is 344 g/mol. The van der Waals surface area contributed by atoms with E-state index in [0.29, 0.717) is 18.0 Å². The fourth-order valence-electron chi connectivity index (χ4n) is 1.98. The second-order valence-corrected chi connectivity index (χ2v) is 6.04. The fourth-order valence-corrected chi connectivity index (χ4v) is 2.50. The van der Waals surface area contributed by atoms with Gasteiger partial charge in [0.2, 0.25) is 0 Å². The molecule has 5 heteroatoms. The second-order valence-electron chi connectivity index (χ2n) is 5.19. The smallest absolute Gasteiger partial charge is 0.337 e. The summed E-state index contributed by atoms with van der Waals surface area (Å²) in [5.41, 5.74) is 1.56. The predicted octanol–water partition coefficient (Wildman–Crippen LogP) is 2.73. The molecule has 0 heterocycles. The van der Waals surface area contributed by atoms with E-state index in [2.05, 4.69) is 39.8 Å². The third-order valence-corrected chi connectivity index (χ3v) is 3.77. The molecule has 20 heavy (non-hydrogen) atoms. The lowest BCUT2D eigenvalue weighted by Crippen LogP contribution is -2.33. The largest absolute Gasteiger partial charge is 0.465 e. The first-order chi connectivity index (χ1) is 9.47. The van der Waals surface area contributed by atoms with Crippen LogP contribution in [-0.4, -0.2) is 30.8 Å². The molecule has 1 aromatic rings. The number of nitrogens with one attached hydrogen (secondary N) is 1. The second kappa shape index (κ2) is 8.39. The lowest BCUT2D eigenvalue weighted by Gasteiger charge is -2.18. The summed E-state index contributed by atoms with van der Waals surface area (Å²) in [7, 11) is 1.36. The Morgan fingerprint density at radius 2 is 2.15 bits per heavy atom. The molecule has 0 aromatic heterocycles. The summed E-state index contributed by atoms with van der Waals surface area (Å²) in [6.07, 6.45) is 0.925. The van der Waals surface area contributed by atoms with Gasteiger partial charge < -0.3 is 15.2 Å². The molecule has 0 aliphatic heterocycles. The van der Waals surface area contributed by atoms with Crippen LogP contribution in [0.5, 0.6) is 0 Å². The van der Waals surface area contributed by atoms with Gasteiger partial charge in [0.1, 0.15) is 0 Å². The molecular weight excluding hydrogens is 322 g/mol. The molecule has 4 nitrogen and oxygen atoms in total. The van der Waals surface area contributed by atoms with E-state index in [-0.39, 0.29) is 18.6 Å². The van der Waals surface area contributed by atoms with E-state index in [0.717, 1.165) is 16.5 Å². The first-order valence-corrected chi connectivity index (χ1v) is 7.48. The topological polar surface area (TPSA) is 58.6 Å². The van der Waals surface area contributed by atoms with Crippen molar-refractivity contribution in [2.24, 2.45) is 5.92 Å². The molecule has 1 unspecified atom stereocenters. The Morgan fingerprint density at radius 1 is 1.45 bits per heavy atom. The van der Waals surface area contributed by atoms with Crippen molar-refractivity contribution >= 4 is 21.9 Å². The van der Waals surface area contributed by atoms with Gasteiger partial charge in [0.25, 0.3) is 0 Å². The van der Waals surface area contributed by atoms with E-state index < -0.39 is 0 Å². The van der Waals surface area contributed by atoms with E-state index in [1.165, 1.54) is 7.11 Å². The molecule has 112 valence electrons. The summed E-state index contributed by atoms with van der Waals surface area (Å²) < 4.78 is 5.54. The third-order valence-electron chi connectivity index (χ3n) is 3.03. The third kappa shape index (κ3) is 5.23. The minimum Gasteiger partial charge on any atom is -0.465 e. The summed E-state index contributed by atoms with van der Waals surface area (Å²) in [4.78, 5) is 11.4. The number of benzene rings is 1. The zero-order valence-corrected chi connectivity index (χ0v) is 13.7. The Morgan fingerprint density at radius 3 is 2.65 bits per heavy atom. The van der Waals surface area contributed by atoms with Crippen LogP contribution in [0, 0.1) is 5.92 Å². The van der Waals surface area contributed by atoms with Crippen molar-refractivity contribution in [2.45, 2.75) is 32.9 Å². The molecule has 0 aliphatic rings. The molecule has 0 fully saturated rings. The van der Waals surface area contributed by atoms with Crippen LogP contribution in [0.1, 0.15) is 36.2 Å². The molecule has 0 amide bonds. The predicted molar refractivity (Wildman–Crippen MR) is 82.7 cm³/mol. The van der Waals surface area contributed by atoms with Crippen LogP contribution >= 0.6 is 15.9 Å². The number of aliphatic hydroxyl groups excluding tert-OH is 1. The minimum absolute atomic E-state index is 0.0854. The lowest BCUT2D eigenvalue weighted by atomic mass is 10.0. The van der Waals surface area contributed by atoms with Crippen molar-refractivity contribution in [3.05, 3.63) is 33.8 Å². The van der Waals surface area contributed by atoms with Crippen LogP contribution in [0.25, 0.3) is 0 Å². The van der Waals surface area contributed by atoms with Gasteiger partial charge in [-0.2, -0.15) is 0 Å². The molecule has 0 saturated heterocycles. The highest BCUT2D eigenvalue weighted by atomic mass is 79.9. The zero-order chi connectivity index (χ0) is 15.1. The van der Waals surface area contributed by atoms with Crippen LogP contribution in [0.4, 0.5) is 0 Å². The Labute approximate surface area is 128 Å². The van der Waals surface area contributed by atoms with Gasteiger partial charge >= 0.3 is 5.97 Å². The Hall–Kier alpha value is -0.910. The van der Waals surface area contributed by atoms with E-state index in [4.69, 9.17) is 0 Å². The standard InChI is InChI=1S/C15H22BrNO3/c1-10(2)6-13(9-18)17-8-12-5-4-11(7-14(12)16)15(19)20-3/h4-5,7,10,13,17-18H,6,8-9H2,1-3H3. The maximum Gasteiger partial charge on any atom is 0.337 e. The molecule has 1 rings (SSSR count). The summed E-state index contributed by atoms with van der Waals surface area (Å²) >= 11 is 3.46. The van der Waals surface area contributed by atoms with E-state index in [1.54, 1.807) is 12.1 Å². The highest BCUT2D eigenvalue weighted by molar-refractivity contribution is 9.10. The van der Waals surface area contributed by atoms with Crippen LogP contribution in [-0.2, 0) is 11.3 Å². The summed E-state index contributed by atoms with van der Waals surface area (Å²) in [6.45, 7) is 5.02. The number of rotatable bonds is 7. The molecule has 0 aliphatic carbocycles. The van der Waals surface area contributed by atoms with Gasteiger partial charge in [-0.3, -0.25) is 0 Å². The number of aliphatic hydroxyl groups is 1. The summed E-state index contributed by atoms with van der Waals surface area (Å²) in [5.74, 6) is 0.183. The number of carbonyl (C=O) groups is 1. The highest BCUT2D eigenvalue weighted by Gasteiger charge is 2.12. The molecular formula is C15H22BrNO3. The van der Waals surface area contributed by atoms with Gasteiger partial charge in [-0.1, -0.05) is 35.8 Å². The molecule has 0 radical (unpaired) electrons. The van der Waals surface area contributed by atoms with Crippen molar-refractivity contribution in [1.29, 1.82) is 0 Å². The van der Waals surface area contributed by atoms with Gasteiger partial charge in [0.15, 0.2) is 0 Å². The average Bonchev–Trinajstić information content (AvgIpc) is 2.43. The maximum absolute atomic E-state index is 11.4. The van der Waals surface area contributed by atoms with Crippen LogP contribution in [0.2, 0.25) is 0 Å². The monoisotopic (exact) mass is 343 g/mol. The van der Waals surface area contributed by atoms with Crippen LogP contribution in [0.3, 0.4) is 0 Å². The number of halogens is 1. The molecule has 1 aromatic carbocycles. The molecule has 0 spiro atoms. The van der Waals surface area contributed by atoms with Crippen molar-refractivity contribution in [1.82, 2.24) is 5.32 Å². The Bertz CT molecular complexity index is 449. The maximum atomic E-state index is 11.4. The quantitative estimate of drug-likeness (QED) is 0.747. The molecule has 1 atom stereocenters. The van der Waals surface area contributed by atoms with Gasteiger partial charge in [0.05, 0.1) is 19.3 Å². The number of hydrogen-bond donors (Lipinski definition) is 2. The SMILES string of the molecule is COC(=O)c1ccc(CNC(CO)CC(C)C)c(Br)c1. The Kier molecular flexibility index (Phi) is 7.19. The van der Waals surface area contributed by atoms with E-state index in [9.17, 15) is 9.90 Å². The lowest BCUT2D eigenvalue weighted by molar-refractivity contribution is 0.0600. The number of methoxy groups -OCH3 is 1. The van der Waals surface area contributed by atoms with Crippen molar-refractivity contribution < 1.29 is 14.6 Å². The first-order valence-electron chi connectivity index (χ1n) is 6.68. The van der Waals surface area contributed by atoms with Crippen molar-refractivity contribution in [2.75, 3.05) is 13.7 Å². The van der Waals surface area contributed by atoms with Gasteiger partial charge in [-0.15, -0.1) is 0 Å². The normalized spacial score (nSPS) is 12.5. The van der Waals surface area contributed by atoms with E-state index in [1.807, 2.05) is 6.07 Å². The summed E-state index contributed by atoms with van der Waals surface area (Å²) in [5, 5.41) is 12.7. The van der Waals surface area contributed by atoms with Gasteiger partial charge in [0, 0.05) is 17.1 Å².